The fourth-order valence-electron chi connectivity index (χ4n) is 1.37. The van der Waals surface area contributed by atoms with Crippen molar-refractivity contribution in [2.75, 3.05) is 0 Å². The van der Waals surface area contributed by atoms with E-state index in [1.165, 1.54) is 5.56 Å². The highest BCUT2D eigenvalue weighted by atomic mass is 16.5. The quantitative estimate of drug-likeness (QED) is 0.686. The van der Waals surface area contributed by atoms with Crippen molar-refractivity contribution in [3.05, 3.63) is 42.5 Å². The van der Waals surface area contributed by atoms with Gasteiger partial charge in [0.05, 0.1) is 0 Å². The lowest BCUT2D eigenvalue weighted by atomic mass is 9.87. The molecule has 88 valence electrons. The first-order valence-corrected chi connectivity index (χ1v) is 5.68. The lowest BCUT2D eigenvalue weighted by Crippen LogP contribution is -2.24. The SMILES string of the molecule is C=CC(C)(C)Oc1ccc(C(C)(C)C)cc1. The van der Waals surface area contributed by atoms with Crippen molar-refractivity contribution in [1.29, 1.82) is 0 Å². The minimum atomic E-state index is -0.316. The number of rotatable bonds is 3. The number of benzene rings is 1. The average molecular weight is 218 g/mol. The van der Waals surface area contributed by atoms with Gasteiger partial charge in [-0.05, 0) is 43.0 Å². The zero-order chi connectivity index (χ0) is 12.4. The van der Waals surface area contributed by atoms with Crippen LogP contribution in [0.3, 0.4) is 0 Å². The van der Waals surface area contributed by atoms with Crippen LogP contribution in [0.2, 0.25) is 0 Å². The van der Waals surface area contributed by atoms with Gasteiger partial charge >= 0.3 is 0 Å². The van der Waals surface area contributed by atoms with E-state index < -0.39 is 0 Å². The van der Waals surface area contributed by atoms with E-state index in [2.05, 4.69) is 39.5 Å². The molecule has 0 radical (unpaired) electrons. The zero-order valence-electron chi connectivity index (χ0n) is 11.0. The maximum atomic E-state index is 5.80. The molecule has 0 unspecified atom stereocenters. The van der Waals surface area contributed by atoms with Gasteiger partial charge in [0.2, 0.25) is 0 Å². The summed E-state index contributed by atoms with van der Waals surface area (Å²) in [6.07, 6.45) is 1.81. The third kappa shape index (κ3) is 3.41. The smallest absolute Gasteiger partial charge is 0.121 e. The van der Waals surface area contributed by atoms with Gasteiger partial charge in [-0.15, -0.1) is 0 Å². The summed E-state index contributed by atoms with van der Waals surface area (Å²) in [6, 6.07) is 8.28. The van der Waals surface area contributed by atoms with Crippen molar-refractivity contribution in [1.82, 2.24) is 0 Å². The molecule has 0 saturated carbocycles. The Morgan fingerprint density at radius 2 is 1.50 bits per heavy atom. The molecular weight excluding hydrogens is 196 g/mol. The van der Waals surface area contributed by atoms with E-state index in [4.69, 9.17) is 4.74 Å². The van der Waals surface area contributed by atoms with Crippen molar-refractivity contribution >= 4 is 0 Å². The van der Waals surface area contributed by atoms with E-state index in [-0.39, 0.29) is 11.0 Å². The molecule has 0 N–H and O–H groups in total. The largest absolute Gasteiger partial charge is 0.484 e. The maximum Gasteiger partial charge on any atom is 0.121 e. The van der Waals surface area contributed by atoms with E-state index in [9.17, 15) is 0 Å². The summed E-state index contributed by atoms with van der Waals surface area (Å²) in [5.41, 5.74) is 1.19. The molecule has 0 aliphatic carbocycles. The summed E-state index contributed by atoms with van der Waals surface area (Å²) in [4.78, 5) is 0. The predicted molar refractivity (Wildman–Crippen MR) is 70.0 cm³/mol. The molecule has 0 saturated heterocycles. The predicted octanol–water partition coefficient (Wildman–Crippen LogP) is 4.33. The fourth-order valence-corrected chi connectivity index (χ4v) is 1.37. The van der Waals surface area contributed by atoms with Crippen LogP contribution in [0.4, 0.5) is 0 Å². The molecule has 0 fully saturated rings. The highest BCUT2D eigenvalue weighted by Gasteiger charge is 2.16. The van der Waals surface area contributed by atoms with Gasteiger partial charge < -0.3 is 4.74 Å². The number of ether oxygens (including phenoxy) is 1. The van der Waals surface area contributed by atoms with Crippen LogP contribution in [0.5, 0.6) is 5.75 Å². The molecule has 1 heteroatoms. The Bertz CT molecular complexity index is 352. The Labute approximate surface area is 99.1 Å². The molecule has 0 bridgehead atoms. The molecule has 0 aliphatic rings. The molecule has 1 aromatic carbocycles. The summed E-state index contributed by atoms with van der Waals surface area (Å²) < 4.78 is 5.80. The normalized spacial score (nSPS) is 12.3. The van der Waals surface area contributed by atoms with Gasteiger partial charge in [-0.1, -0.05) is 39.5 Å². The highest BCUT2D eigenvalue weighted by Crippen LogP contribution is 2.26. The van der Waals surface area contributed by atoms with E-state index in [0.29, 0.717) is 0 Å². The third-order valence-corrected chi connectivity index (χ3v) is 2.59. The number of hydrogen-bond donors (Lipinski definition) is 0. The van der Waals surface area contributed by atoms with Gasteiger partial charge in [0.1, 0.15) is 11.4 Å². The first-order valence-electron chi connectivity index (χ1n) is 5.68. The molecule has 0 spiro atoms. The maximum absolute atomic E-state index is 5.80. The summed E-state index contributed by atoms with van der Waals surface area (Å²) in [5.74, 6) is 0.887. The molecule has 0 atom stereocenters. The van der Waals surface area contributed by atoms with E-state index in [1.54, 1.807) is 0 Å². The van der Waals surface area contributed by atoms with Crippen LogP contribution in [0.25, 0.3) is 0 Å². The van der Waals surface area contributed by atoms with Gasteiger partial charge in [0, 0.05) is 0 Å². The second-order valence-electron chi connectivity index (χ2n) is 5.68. The lowest BCUT2D eigenvalue weighted by molar-refractivity contribution is 0.162. The Hall–Kier alpha value is -1.24. The minimum absolute atomic E-state index is 0.187. The van der Waals surface area contributed by atoms with Gasteiger partial charge in [-0.2, -0.15) is 0 Å². The van der Waals surface area contributed by atoms with Gasteiger partial charge in [-0.3, -0.25) is 0 Å². The molecule has 16 heavy (non-hydrogen) atoms. The molecular formula is C15H22O. The first-order chi connectivity index (χ1) is 7.24. The molecule has 1 nitrogen and oxygen atoms in total. The molecule has 0 aliphatic heterocycles. The van der Waals surface area contributed by atoms with Crippen LogP contribution in [0, 0.1) is 0 Å². The van der Waals surface area contributed by atoms with Crippen LogP contribution < -0.4 is 4.74 Å². The zero-order valence-corrected chi connectivity index (χ0v) is 11.0. The fraction of sp³-hybridized carbons (Fsp3) is 0.467. The molecule has 1 rings (SSSR count). The lowest BCUT2D eigenvalue weighted by Gasteiger charge is -2.24. The van der Waals surface area contributed by atoms with Crippen LogP contribution in [0.1, 0.15) is 40.2 Å². The summed E-state index contributed by atoms with van der Waals surface area (Å²) in [5, 5.41) is 0. The van der Waals surface area contributed by atoms with Crippen molar-refractivity contribution in [3.63, 3.8) is 0 Å². The van der Waals surface area contributed by atoms with Crippen molar-refractivity contribution < 1.29 is 4.74 Å². The van der Waals surface area contributed by atoms with Crippen LogP contribution >= 0.6 is 0 Å². The Kier molecular flexibility index (Phi) is 3.47. The Morgan fingerprint density at radius 3 is 1.88 bits per heavy atom. The molecule has 0 amide bonds. The average Bonchev–Trinajstić information content (AvgIpc) is 2.16. The molecule has 0 heterocycles. The summed E-state index contributed by atoms with van der Waals surface area (Å²) in [6.45, 7) is 14.4. The molecule has 1 aromatic rings. The first kappa shape index (κ1) is 12.8. The third-order valence-electron chi connectivity index (χ3n) is 2.59. The standard InChI is InChI=1S/C15H22O/c1-7-15(5,6)16-13-10-8-12(9-11-13)14(2,3)4/h7-11H,1H2,2-6H3. The van der Waals surface area contributed by atoms with Gasteiger partial charge in [0.15, 0.2) is 0 Å². The van der Waals surface area contributed by atoms with E-state index >= 15 is 0 Å². The highest BCUT2D eigenvalue weighted by molar-refractivity contribution is 5.31. The molecule has 0 aromatic heterocycles. The summed E-state index contributed by atoms with van der Waals surface area (Å²) in [7, 11) is 0. The van der Waals surface area contributed by atoms with Gasteiger partial charge in [0.25, 0.3) is 0 Å². The Morgan fingerprint density at radius 1 is 1.00 bits per heavy atom. The van der Waals surface area contributed by atoms with Crippen LogP contribution in [-0.4, -0.2) is 5.60 Å². The van der Waals surface area contributed by atoms with Crippen LogP contribution in [-0.2, 0) is 5.41 Å². The topological polar surface area (TPSA) is 9.23 Å². The number of hydrogen-bond acceptors (Lipinski definition) is 1. The van der Waals surface area contributed by atoms with E-state index in [1.807, 2.05) is 32.1 Å². The minimum Gasteiger partial charge on any atom is -0.484 e. The monoisotopic (exact) mass is 218 g/mol. The van der Waals surface area contributed by atoms with Crippen molar-refractivity contribution in [2.24, 2.45) is 0 Å². The Balaban J connectivity index is 2.84. The summed E-state index contributed by atoms with van der Waals surface area (Å²) >= 11 is 0. The van der Waals surface area contributed by atoms with E-state index in [0.717, 1.165) is 5.75 Å². The second kappa shape index (κ2) is 4.32. The van der Waals surface area contributed by atoms with Crippen molar-refractivity contribution in [2.45, 2.75) is 45.6 Å². The van der Waals surface area contributed by atoms with Gasteiger partial charge in [-0.25, -0.2) is 0 Å². The van der Waals surface area contributed by atoms with Crippen molar-refractivity contribution in [3.8, 4) is 5.75 Å². The second-order valence-corrected chi connectivity index (χ2v) is 5.68. The van der Waals surface area contributed by atoms with Crippen LogP contribution in [0.15, 0.2) is 36.9 Å².